The highest BCUT2D eigenvalue weighted by Crippen LogP contribution is 2.25. The third-order valence-electron chi connectivity index (χ3n) is 2.12. The molecule has 1 aliphatic rings. The van der Waals surface area contributed by atoms with Crippen LogP contribution in [-0.2, 0) is 0 Å². The number of rotatable bonds is 1. The summed E-state index contributed by atoms with van der Waals surface area (Å²) in [6, 6.07) is 5.26. The van der Waals surface area contributed by atoms with Crippen molar-refractivity contribution in [2.45, 2.75) is 6.42 Å². The van der Waals surface area contributed by atoms with Gasteiger partial charge in [-0.15, -0.1) is 0 Å². The van der Waals surface area contributed by atoms with Crippen LogP contribution in [0.2, 0.25) is 0 Å². The summed E-state index contributed by atoms with van der Waals surface area (Å²) in [5.74, 6) is -0.181. The predicted molar refractivity (Wildman–Crippen MR) is 50.9 cm³/mol. The molecule has 3 heteroatoms. The van der Waals surface area contributed by atoms with E-state index in [1.807, 2.05) is 6.07 Å². The summed E-state index contributed by atoms with van der Waals surface area (Å²) >= 11 is 3.12. The molecule has 0 radical (unpaired) electrons. The number of hydrogen-bond donors (Lipinski definition) is 0. The second-order valence-corrected chi connectivity index (χ2v) is 3.79. The molecular formula is C9H9BrFN. The Labute approximate surface area is 79.3 Å². The average Bonchev–Trinajstić information content (AvgIpc) is 1.93. The maximum absolute atomic E-state index is 13.0. The Balaban J connectivity index is 2.27. The first-order valence-corrected chi connectivity index (χ1v) is 4.77. The van der Waals surface area contributed by atoms with E-state index >= 15 is 0 Å². The monoisotopic (exact) mass is 229 g/mol. The molecule has 0 N–H and O–H groups in total. The van der Waals surface area contributed by atoms with Gasteiger partial charge in [0.05, 0.1) is 4.47 Å². The lowest BCUT2D eigenvalue weighted by Gasteiger charge is -2.33. The van der Waals surface area contributed by atoms with Crippen molar-refractivity contribution in [3.05, 3.63) is 28.5 Å². The molecule has 1 saturated heterocycles. The number of nitrogens with zero attached hydrogens (tertiary/aromatic N) is 1. The second kappa shape index (κ2) is 3.05. The van der Waals surface area contributed by atoms with Crippen molar-refractivity contribution in [2.24, 2.45) is 0 Å². The van der Waals surface area contributed by atoms with Crippen LogP contribution in [0.15, 0.2) is 22.7 Å². The van der Waals surface area contributed by atoms with Gasteiger partial charge in [-0.2, -0.15) is 0 Å². The fourth-order valence-electron chi connectivity index (χ4n) is 1.26. The third-order valence-corrected chi connectivity index (χ3v) is 2.77. The first kappa shape index (κ1) is 8.05. The Morgan fingerprint density at radius 3 is 2.58 bits per heavy atom. The lowest BCUT2D eigenvalue weighted by Crippen LogP contribution is -2.36. The van der Waals surface area contributed by atoms with Gasteiger partial charge >= 0.3 is 0 Å². The normalized spacial score (nSPS) is 16.0. The van der Waals surface area contributed by atoms with Gasteiger partial charge in [-0.1, -0.05) is 0 Å². The summed E-state index contributed by atoms with van der Waals surface area (Å²) in [7, 11) is 0. The molecule has 12 heavy (non-hydrogen) atoms. The van der Waals surface area contributed by atoms with Gasteiger partial charge in [0.15, 0.2) is 0 Å². The van der Waals surface area contributed by atoms with Gasteiger partial charge < -0.3 is 4.90 Å². The van der Waals surface area contributed by atoms with E-state index in [-0.39, 0.29) is 5.82 Å². The van der Waals surface area contributed by atoms with Crippen molar-refractivity contribution in [3.63, 3.8) is 0 Å². The maximum atomic E-state index is 13.0. The van der Waals surface area contributed by atoms with Gasteiger partial charge in [0.25, 0.3) is 0 Å². The Morgan fingerprint density at radius 2 is 2.08 bits per heavy atom. The summed E-state index contributed by atoms with van der Waals surface area (Å²) in [5.41, 5.74) is 0.988. The van der Waals surface area contributed by atoms with E-state index in [2.05, 4.69) is 20.8 Å². The van der Waals surface area contributed by atoms with Gasteiger partial charge in [-0.05, 0) is 40.5 Å². The molecule has 64 valence electrons. The first-order chi connectivity index (χ1) is 5.77. The van der Waals surface area contributed by atoms with Crippen molar-refractivity contribution < 1.29 is 4.39 Å². The molecule has 0 unspecified atom stereocenters. The van der Waals surface area contributed by atoms with Crippen LogP contribution in [0, 0.1) is 5.82 Å². The molecule has 1 aromatic rings. The number of benzene rings is 1. The summed E-state index contributed by atoms with van der Waals surface area (Å²) in [6.45, 7) is 2.11. The zero-order valence-corrected chi connectivity index (χ0v) is 8.14. The largest absolute Gasteiger partial charge is 0.371 e. The lowest BCUT2D eigenvalue weighted by molar-refractivity contribution is 0.600. The van der Waals surface area contributed by atoms with E-state index in [0.717, 1.165) is 18.8 Å². The number of anilines is 1. The molecule has 0 saturated carbocycles. The minimum Gasteiger partial charge on any atom is -0.371 e. The van der Waals surface area contributed by atoms with Crippen LogP contribution in [0.3, 0.4) is 0 Å². The minimum absolute atomic E-state index is 0.181. The highest BCUT2D eigenvalue weighted by molar-refractivity contribution is 9.10. The zero-order chi connectivity index (χ0) is 8.55. The van der Waals surface area contributed by atoms with E-state index in [4.69, 9.17) is 0 Å². The van der Waals surface area contributed by atoms with Crippen LogP contribution >= 0.6 is 15.9 Å². The Bertz CT molecular complexity index is 297. The summed E-state index contributed by atoms with van der Waals surface area (Å²) in [5, 5.41) is 0. The topological polar surface area (TPSA) is 3.24 Å². The van der Waals surface area contributed by atoms with Crippen LogP contribution in [0.5, 0.6) is 0 Å². The molecule has 1 aromatic carbocycles. The molecule has 0 atom stereocenters. The maximum Gasteiger partial charge on any atom is 0.139 e. The minimum atomic E-state index is -0.181. The van der Waals surface area contributed by atoms with Crippen LogP contribution in [0.25, 0.3) is 0 Å². The highest BCUT2D eigenvalue weighted by Gasteiger charge is 2.14. The lowest BCUT2D eigenvalue weighted by atomic mass is 10.2. The summed E-state index contributed by atoms with van der Waals surface area (Å²) in [6.07, 6.45) is 1.22. The Hall–Kier alpha value is -0.570. The van der Waals surface area contributed by atoms with Crippen molar-refractivity contribution >= 4 is 21.6 Å². The average molecular weight is 230 g/mol. The van der Waals surface area contributed by atoms with Crippen molar-refractivity contribution in [3.8, 4) is 0 Å². The SMILES string of the molecule is Fc1cc(N2CCC2)ccc1Br. The first-order valence-electron chi connectivity index (χ1n) is 3.97. The second-order valence-electron chi connectivity index (χ2n) is 2.94. The van der Waals surface area contributed by atoms with Crippen LogP contribution < -0.4 is 4.90 Å². The van der Waals surface area contributed by atoms with Crippen molar-refractivity contribution in [1.82, 2.24) is 0 Å². The number of halogens is 2. The van der Waals surface area contributed by atoms with Crippen molar-refractivity contribution in [1.29, 1.82) is 0 Å². The molecule has 0 aliphatic carbocycles. The molecule has 0 spiro atoms. The third kappa shape index (κ3) is 1.33. The zero-order valence-electron chi connectivity index (χ0n) is 6.56. The Kier molecular flexibility index (Phi) is 2.05. The fraction of sp³-hybridized carbons (Fsp3) is 0.333. The van der Waals surface area contributed by atoms with Gasteiger partial charge in [0.1, 0.15) is 5.82 Å². The highest BCUT2D eigenvalue weighted by atomic mass is 79.9. The van der Waals surface area contributed by atoms with Crippen molar-refractivity contribution in [2.75, 3.05) is 18.0 Å². The van der Waals surface area contributed by atoms with E-state index in [1.54, 1.807) is 12.1 Å². The van der Waals surface area contributed by atoms with Gasteiger partial charge in [0.2, 0.25) is 0 Å². The molecule has 1 aliphatic heterocycles. The molecule has 0 amide bonds. The van der Waals surface area contributed by atoms with E-state index < -0.39 is 0 Å². The molecule has 1 nitrogen and oxygen atoms in total. The molecular weight excluding hydrogens is 221 g/mol. The van der Waals surface area contributed by atoms with E-state index in [9.17, 15) is 4.39 Å². The molecule has 0 bridgehead atoms. The molecule has 1 heterocycles. The van der Waals surface area contributed by atoms with Crippen LogP contribution in [0.4, 0.5) is 10.1 Å². The molecule has 0 aromatic heterocycles. The van der Waals surface area contributed by atoms with Gasteiger partial charge in [0, 0.05) is 18.8 Å². The molecule has 2 rings (SSSR count). The van der Waals surface area contributed by atoms with Crippen LogP contribution in [-0.4, -0.2) is 13.1 Å². The van der Waals surface area contributed by atoms with E-state index in [0.29, 0.717) is 4.47 Å². The van der Waals surface area contributed by atoms with Gasteiger partial charge in [-0.3, -0.25) is 0 Å². The smallest absolute Gasteiger partial charge is 0.139 e. The number of hydrogen-bond acceptors (Lipinski definition) is 1. The van der Waals surface area contributed by atoms with E-state index in [1.165, 1.54) is 6.42 Å². The summed E-state index contributed by atoms with van der Waals surface area (Å²) < 4.78 is 13.6. The van der Waals surface area contributed by atoms with Crippen LogP contribution in [0.1, 0.15) is 6.42 Å². The fourth-order valence-corrected chi connectivity index (χ4v) is 1.50. The summed E-state index contributed by atoms with van der Waals surface area (Å²) in [4.78, 5) is 2.16. The Morgan fingerprint density at radius 1 is 1.33 bits per heavy atom. The quantitative estimate of drug-likeness (QED) is 0.716. The van der Waals surface area contributed by atoms with Gasteiger partial charge in [-0.25, -0.2) is 4.39 Å². The predicted octanol–water partition coefficient (Wildman–Crippen LogP) is 2.80. The molecule has 1 fully saturated rings. The standard InChI is InChI=1S/C9H9BrFN/c10-8-3-2-7(6-9(8)11)12-4-1-5-12/h2-3,6H,1,4-5H2.